The van der Waals surface area contributed by atoms with Crippen LogP contribution >= 0.6 is 7.37 Å². The first kappa shape index (κ1) is 35.1. The lowest BCUT2D eigenvalue weighted by atomic mass is 9.83. The third-order valence-electron chi connectivity index (χ3n) is 7.65. The minimum atomic E-state index is -4.60. The number of hydrogen-bond donors (Lipinski definition) is 2. The summed E-state index contributed by atoms with van der Waals surface area (Å²) in [6.45, 7) is 2.97. The zero-order chi connectivity index (χ0) is 33.7. The van der Waals surface area contributed by atoms with Gasteiger partial charge in [-0.05, 0) is 48.1 Å². The molecule has 4 aromatic carbocycles. The van der Waals surface area contributed by atoms with Crippen molar-refractivity contribution in [1.29, 1.82) is 0 Å². The zero-order valence-corrected chi connectivity index (χ0v) is 27.4. The Bertz CT molecular complexity index is 1630. The lowest BCUT2D eigenvalue weighted by Gasteiger charge is -2.33. The first-order valence-corrected chi connectivity index (χ1v) is 17.4. The van der Waals surface area contributed by atoms with Gasteiger partial charge in [0.05, 0.1) is 19.4 Å². The molecule has 0 aromatic heterocycles. The second kappa shape index (κ2) is 16.7. The van der Waals surface area contributed by atoms with Crippen molar-refractivity contribution in [3.8, 4) is 11.1 Å². The number of amides is 1. The highest BCUT2D eigenvalue weighted by Crippen LogP contribution is 2.52. The van der Waals surface area contributed by atoms with Gasteiger partial charge < -0.3 is 24.4 Å². The van der Waals surface area contributed by atoms with Gasteiger partial charge in [-0.2, -0.15) is 0 Å². The monoisotopic (exact) mass is 657 g/mol. The van der Waals surface area contributed by atoms with Gasteiger partial charge in [-0.15, -0.1) is 0 Å². The van der Waals surface area contributed by atoms with Gasteiger partial charge in [-0.1, -0.05) is 115 Å². The number of nitrogens with one attached hydrogen (secondary N) is 1. The molecule has 0 aliphatic heterocycles. The molecule has 4 aromatic rings. The van der Waals surface area contributed by atoms with Crippen LogP contribution in [0.25, 0.3) is 11.1 Å². The fraction of sp³-hybridized carbons (Fsp3) is 0.270. The second-order valence-corrected chi connectivity index (χ2v) is 13.5. The van der Waals surface area contributed by atoms with Gasteiger partial charge in [0.1, 0.15) is 12.4 Å². The maximum atomic E-state index is 14.5. The third kappa shape index (κ3) is 9.64. The van der Waals surface area contributed by atoms with Crippen LogP contribution in [0.3, 0.4) is 0 Å². The van der Waals surface area contributed by atoms with Gasteiger partial charge in [0.25, 0.3) is 0 Å². The molecule has 9 nitrogen and oxygen atoms in total. The summed E-state index contributed by atoms with van der Waals surface area (Å²) in [5, 5.41) is 2.55. The molecule has 246 valence electrons. The molecule has 4 rings (SSSR count). The fourth-order valence-corrected chi connectivity index (χ4v) is 7.44. The maximum absolute atomic E-state index is 14.5. The van der Waals surface area contributed by atoms with Gasteiger partial charge in [0.15, 0.2) is 5.41 Å². The number of benzene rings is 4. The second-order valence-electron chi connectivity index (χ2n) is 11.1. The SMILES string of the molecule is CCOC(=O)C(Cc1ccc(-c2ccccc2)cc1)(CP(=O)(O)C(Cc1ccccc1)NC(=O)OCc1ccccc1)C(=O)OCC. The predicted octanol–water partition coefficient (Wildman–Crippen LogP) is 6.77. The van der Waals surface area contributed by atoms with Crippen LogP contribution in [-0.2, 0) is 47.8 Å². The first-order chi connectivity index (χ1) is 22.7. The highest BCUT2D eigenvalue weighted by atomic mass is 31.2. The molecule has 2 unspecified atom stereocenters. The molecule has 0 spiro atoms. The summed E-state index contributed by atoms with van der Waals surface area (Å²) in [6, 6.07) is 34.8. The van der Waals surface area contributed by atoms with Gasteiger partial charge in [0.2, 0.25) is 7.37 Å². The number of esters is 2. The van der Waals surface area contributed by atoms with E-state index >= 15 is 0 Å². The first-order valence-electron chi connectivity index (χ1n) is 15.5. The van der Waals surface area contributed by atoms with Crippen molar-refractivity contribution >= 4 is 25.4 Å². The van der Waals surface area contributed by atoms with E-state index in [2.05, 4.69) is 5.32 Å². The van der Waals surface area contributed by atoms with E-state index in [1.807, 2.05) is 48.5 Å². The number of carbonyl (C=O) groups excluding carboxylic acids is 3. The van der Waals surface area contributed by atoms with Crippen molar-refractivity contribution in [3.05, 3.63) is 132 Å². The molecule has 0 aliphatic carbocycles. The van der Waals surface area contributed by atoms with E-state index < -0.39 is 42.8 Å². The molecular formula is C37H40NO8P. The Morgan fingerprint density at radius 3 is 1.70 bits per heavy atom. The van der Waals surface area contributed by atoms with Crippen LogP contribution in [0.15, 0.2) is 115 Å². The minimum Gasteiger partial charge on any atom is -0.465 e. The molecular weight excluding hydrogens is 617 g/mol. The molecule has 0 fully saturated rings. The van der Waals surface area contributed by atoms with E-state index in [0.717, 1.165) is 16.7 Å². The quantitative estimate of drug-likeness (QED) is 0.0620. The Hall–Kier alpha value is -4.72. The van der Waals surface area contributed by atoms with Gasteiger partial charge >= 0.3 is 18.0 Å². The Kier molecular flexibility index (Phi) is 12.5. The summed E-state index contributed by atoms with van der Waals surface area (Å²) < 4.78 is 30.6. The molecule has 0 bridgehead atoms. The van der Waals surface area contributed by atoms with Gasteiger partial charge in [-0.25, -0.2) is 4.79 Å². The van der Waals surface area contributed by atoms with Crippen LogP contribution < -0.4 is 5.32 Å². The van der Waals surface area contributed by atoms with Crippen molar-refractivity contribution in [1.82, 2.24) is 5.32 Å². The van der Waals surface area contributed by atoms with Crippen LogP contribution in [0.5, 0.6) is 0 Å². The maximum Gasteiger partial charge on any atom is 0.408 e. The van der Waals surface area contributed by atoms with E-state index in [1.165, 1.54) is 0 Å². The van der Waals surface area contributed by atoms with Gasteiger partial charge in [-0.3, -0.25) is 14.2 Å². The molecule has 0 saturated carbocycles. The third-order valence-corrected chi connectivity index (χ3v) is 9.93. The van der Waals surface area contributed by atoms with E-state index in [-0.39, 0.29) is 32.7 Å². The van der Waals surface area contributed by atoms with E-state index in [9.17, 15) is 23.8 Å². The van der Waals surface area contributed by atoms with E-state index in [1.54, 1.807) is 80.6 Å². The lowest BCUT2D eigenvalue weighted by Crippen LogP contribution is -2.49. The highest BCUT2D eigenvalue weighted by molar-refractivity contribution is 7.58. The standard InChI is InChI=1S/C37H40NO8P/c1-3-44-34(39)37(35(40)45-4-2,25-29-20-22-32(23-21-29)31-18-12-7-13-19-31)27-47(42,43)33(24-28-14-8-5-9-15-28)38-36(41)46-26-30-16-10-6-11-17-30/h5-23,33H,3-4,24-27H2,1-2H3,(H,38,41)(H,42,43). The minimum absolute atomic E-state index is 0.0605. The molecule has 2 N–H and O–H groups in total. The number of alkyl carbamates (subject to hydrolysis) is 1. The molecule has 2 atom stereocenters. The van der Waals surface area contributed by atoms with Crippen LogP contribution in [0.1, 0.15) is 30.5 Å². The van der Waals surface area contributed by atoms with Crippen molar-refractivity contribution < 1.29 is 38.1 Å². The van der Waals surface area contributed by atoms with Crippen LogP contribution in [0, 0.1) is 5.41 Å². The zero-order valence-electron chi connectivity index (χ0n) is 26.5. The molecule has 10 heteroatoms. The van der Waals surface area contributed by atoms with E-state index in [4.69, 9.17) is 14.2 Å². The number of ether oxygens (including phenoxy) is 3. The summed E-state index contributed by atoms with van der Waals surface area (Å²) in [5.74, 6) is -3.37. The van der Waals surface area contributed by atoms with Crippen LogP contribution in [0.4, 0.5) is 4.79 Å². The average Bonchev–Trinajstić information content (AvgIpc) is 3.08. The van der Waals surface area contributed by atoms with Crippen molar-refractivity contribution in [2.75, 3.05) is 19.4 Å². The lowest BCUT2D eigenvalue weighted by molar-refractivity contribution is -0.170. The van der Waals surface area contributed by atoms with Crippen molar-refractivity contribution in [3.63, 3.8) is 0 Å². The average molecular weight is 658 g/mol. The molecule has 0 saturated heterocycles. The Labute approximate surface area is 275 Å². The van der Waals surface area contributed by atoms with E-state index in [0.29, 0.717) is 11.1 Å². The molecule has 0 radical (unpaired) electrons. The molecule has 0 heterocycles. The summed E-state index contributed by atoms with van der Waals surface area (Å²) in [4.78, 5) is 52.3. The number of carbonyl (C=O) groups is 3. The largest absolute Gasteiger partial charge is 0.465 e. The van der Waals surface area contributed by atoms with Crippen molar-refractivity contribution in [2.45, 2.75) is 39.1 Å². The van der Waals surface area contributed by atoms with Crippen LogP contribution in [0.2, 0.25) is 0 Å². The van der Waals surface area contributed by atoms with Gasteiger partial charge in [0, 0.05) is 6.42 Å². The Morgan fingerprint density at radius 1 is 0.681 bits per heavy atom. The highest BCUT2D eigenvalue weighted by Gasteiger charge is 2.55. The molecule has 47 heavy (non-hydrogen) atoms. The normalized spacial score (nSPS) is 13.1. The topological polar surface area (TPSA) is 128 Å². The Balaban J connectivity index is 1.68. The summed E-state index contributed by atoms with van der Waals surface area (Å²) in [6.07, 6.45) is -2.09. The number of rotatable bonds is 15. The summed E-state index contributed by atoms with van der Waals surface area (Å²) in [7, 11) is -4.60. The Morgan fingerprint density at radius 2 is 1.17 bits per heavy atom. The summed E-state index contributed by atoms with van der Waals surface area (Å²) >= 11 is 0. The summed E-state index contributed by atoms with van der Waals surface area (Å²) in [5.41, 5.74) is 1.66. The number of hydrogen-bond acceptors (Lipinski definition) is 7. The molecule has 1 amide bonds. The van der Waals surface area contributed by atoms with Crippen LogP contribution in [-0.4, -0.2) is 48.1 Å². The van der Waals surface area contributed by atoms with Crippen molar-refractivity contribution in [2.24, 2.45) is 5.41 Å². The predicted molar refractivity (Wildman–Crippen MR) is 180 cm³/mol. The fourth-order valence-electron chi connectivity index (χ4n) is 5.27. The molecule has 0 aliphatic rings. The smallest absolute Gasteiger partial charge is 0.408 e.